The Hall–Kier alpha value is -0.780. The molecule has 0 aromatic carbocycles. The van der Waals surface area contributed by atoms with Crippen LogP contribution in [0, 0.1) is 17.8 Å². The molecule has 0 spiro atoms. The maximum Gasteiger partial charge on any atom is 0.120 e. The van der Waals surface area contributed by atoms with Gasteiger partial charge in [-0.05, 0) is 61.8 Å². The van der Waals surface area contributed by atoms with Crippen LogP contribution in [0.25, 0.3) is 0 Å². The minimum Gasteiger partial charge on any atom is -0.376 e. The quantitative estimate of drug-likeness (QED) is 0.808. The van der Waals surface area contributed by atoms with E-state index in [1.807, 2.05) is 12.2 Å². The second-order valence-electron chi connectivity index (χ2n) is 6.80. The maximum absolute atomic E-state index is 13.8. The Morgan fingerprint density at radius 3 is 2.87 bits per heavy atom. The van der Waals surface area contributed by atoms with Crippen molar-refractivity contribution in [1.82, 2.24) is 5.32 Å². The largest absolute Gasteiger partial charge is 0.376 e. The Labute approximate surface area is 140 Å². The van der Waals surface area contributed by atoms with Crippen LogP contribution in [0.1, 0.15) is 25.7 Å². The van der Waals surface area contributed by atoms with E-state index in [1.165, 1.54) is 25.5 Å². The molecule has 3 aliphatic rings. The van der Waals surface area contributed by atoms with Crippen molar-refractivity contribution in [2.24, 2.45) is 17.8 Å². The molecule has 0 amide bonds. The molecule has 3 atom stereocenters. The molecule has 3 unspecified atom stereocenters. The van der Waals surface area contributed by atoms with E-state index in [4.69, 9.17) is 4.74 Å². The molecular formula is C18H26FNO2S. The number of piperidine rings is 1. The first kappa shape index (κ1) is 17.1. The van der Waals surface area contributed by atoms with Gasteiger partial charge in [0, 0.05) is 12.7 Å². The van der Waals surface area contributed by atoms with Crippen LogP contribution in [0.5, 0.6) is 0 Å². The zero-order valence-electron chi connectivity index (χ0n) is 13.7. The Balaban J connectivity index is 1.40. The van der Waals surface area contributed by atoms with Crippen molar-refractivity contribution < 1.29 is 13.3 Å². The summed E-state index contributed by atoms with van der Waals surface area (Å²) in [5.41, 5.74) is 0.972. The minimum absolute atomic E-state index is 0.210. The van der Waals surface area contributed by atoms with Crippen molar-refractivity contribution in [3.63, 3.8) is 0 Å². The third-order valence-corrected chi connectivity index (χ3v) is 6.11. The van der Waals surface area contributed by atoms with Gasteiger partial charge in [0.05, 0.1) is 28.9 Å². The van der Waals surface area contributed by atoms with E-state index in [2.05, 4.69) is 5.32 Å². The van der Waals surface area contributed by atoms with Gasteiger partial charge in [-0.25, -0.2) is 4.39 Å². The molecule has 1 saturated carbocycles. The van der Waals surface area contributed by atoms with Gasteiger partial charge in [0.1, 0.15) is 5.83 Å². The fourth-order valence-corrected chi connectivity index (χ4v) is 4.32. The predicted octanol–water partition coefficient (Wildman–Crippen LogP) is 3.08. The standard InChI is InChI=1S/C18H26FNO2S/c1-23(21)18-5-3-13(2-4-17(18)19)11-22-12-15-10-16(15)14-6-8-20-9-7-14/h2-3,5,14-16,20H,4,6-12H2,1H3. The van der Waals surface area contributed by atoms with Gasteiger partial charge in [0.15, 0.2) is 0 Å². The van der Waals surface area contributed by atoms with Crippen LogP contribution in [0.2, 0.25) is 0 Å². The van der Waals surface area contributed by atoms with E-state index in [0.29, 0.717) is 17.4 Å². The Bertz CT molecular complexity index is 549. The molecule has 1 aliphatic heterocycles. The van der Waals surface area contributed by atoms with Crippen LogP contribution in [0.3, 0.4) is 0 Å². The second kappa shape index (κ2) is 7.86. The van der Waals surface area contributed by atoms with Gasteiger partial charge < -0.3 is 10.1 Å². The van der Waals surface area contributed by atoms with Gasteiger partial charge in [0.2, 0.25) is 0 Å². The highest BCUT2D eigenvalue weighted by atomic mass is 32.2. The molecule has 0 aromatic heterocycles. The molecule has 1 saturated heterocycles. The topological polar surface area (TPSA) is 38.3 Å². The Kier molecular flexibility index (Phi) is 5.83. The molecule has 128 valence electrons. The summed E-state index contributed by atoms with van der Waals surface area (Å²) in [6.45, 7) is 3.64. The zero-order valence-corrected chi connectivity index (χ0v) is 14.5. The predicted molar refractivity (Wildman–Crippen MR) is 92.1 cm³/mol. The molecule has 23 heavy (non-hydrogen) atoms. The van der Waals surface area contributed by atoms with Crippen LogP contribution < -0.4 is 5.32 Å². The lowest BCUT2D eigenvalue weighted by molar-refractivity contribution is 0.137. The highest BCUT2D eigenvalue weighted by Gasteiger charge is 2.42. The van der Waals surface area contributed by atoms with Crippen LogP contribution >= 0.6 is 0 Å². The normalized spacial score (nSPS) is 30.1. The van der Waals surface area contributed by atoms with Crippen molar-refractivity contribution >= 4 is 10.8 Å². The van der Waals surface area contributed by atoms with Gasteiger partial charge in [0.25, 0.3) is 0 Å². The van der Waals surface area contributed by atoms with Gasteiger partial charge in [-0.3, -0.25) is 4.21 Å². The summed E-state index contributed by atoms with van der Waals surface area (Å²) in [7, 11) is -1.28. The summed E-state index contributed by atoms with van der Waals surface area (Å²) in [5, 5.41) is 3.42. The summed E-state index contributed by atoms with van der Waals surface area (Å²) in [5.74, 6) is 2.14. The average molecular weight is 339 g/mol. The smallest absolute Gasteiger partial charge is 0.120 e. The van der Waals surface area contributed by atoms with Crippen LogP contribution in [0.15, 0.2) is 34.5 Å². The summed E-state index contributed by atoms with van der Waals surface area (Å²) in [4.78, 5) is 0.296. The van der Waals surface area contributed by atoms with Crippen molar-refractivity contribution in [3.8, 4) is 0 Å². The number of halogens is 1. The Morgan fingerprint density at radius 2 is 2.13 bits per heavy atom. The highest BCUT2D eigenvalue weighted by molar-refractivity contribution is 7.88. The molecule has 2 aliphatic carbocycles. The van der Waals surface area contributed by atoms with Gasteiger partial charge in [-0.1, -0.05) is 12.2 Å². The van der Waals surface area contributed by atoms with Crippen molar-refractivity contribution in [2.45, 2.75) is 25.7 Å². The zero-order chi connectivity index (χ0) is 16.2. The van der Waals surface area contributed by atoms with E-state index in [0.717, 1.165) is 37.1 Å². The van der Waals surface area contributed by atoms with Gasteiger partial charge >= 0.3 is 0 Å². The fraction of sp³-hybridized carbons (Fsp3) is 0.667. The molecule has 1 N–H and O–H groups in total. The number of hydrogen-bond acceptors (Lipinski definition) is 3. The van der Waals surface area contributed by atoms with Crippen molar-refractivity contribution in [3.05, 3.63) is 34.5 Å². The second-order valence-corrected chi connectivity index (χ2v) is 8.15. The summed E-state index contributed by atoms with van der Waals surface area (Å²) in [6.07, 6.45) is 10.9. The summed E-state index contributed by atoms with van der Waals surface area (Å²) < 4.78 is 31.1. The summed E-state index contributed by atoms with van der Waals surface area (Å²) >= 11 is 0. The minimum atomic E-state index is -1.28. The molecule has 3 rings (SSSR count). The van der Waals surface area contributed by atoms with E-state index >= 15 is 0 Å². The van der Waals surface area contributed by atoms with E-state index in [9.17, 15) is 8.60 Å². The van der Waals surface area contributed by atoms with Crippen LogP contribution in [0.4, 0.5) is 4.39 Å². The molecule has 3 nitrogen and oxygen atoms in total. The molecular weight excluding hydrogens is 313 g/mol. The lowest BCUT2D eigenvalue weighted by Gasteiger charge is -2.22. The molecule has 0 aromatic rings. The maximum atomic E-state index is 13.8. The van der Waals surface area contributed by atoms with E-state index < -0.39 is 10.8 Å². The highest BCUT2D eigenvalue weighted by Crippen LogP contribution is 2.47. The average Bonchev–Trinajstić information content (AvgIpc) is 3.33. The number of nitrogens with one attached hydrogen (secondary N) is 1. The van der Waals surface area contributed by atoms with E-state index in [1.54, 1.807) is 6.08 Å². The number of ether oxygens (including phenoxy) is 1. The first-order valence-electron chi connectivity index (χ1n) is 8.53. The summed E-state index contributed by atoms with van der Waals surface area (Å²) in [6, 6.07) is 0. The number of rotatable bonds is 6. The monoisotopic (exact) mass is 339 g/mol. The molecule has 0 radical (unpaired) electrons. The Morgan fingerprint density at radius 1 is 1.35 bits per heavy atom. The SMILES string of the molecule is CS(=O)C1=C(F)CC=C(COCC2CC2C2CCNCC2)C=C1. The molecule has 5 heteroatoms. The van der Waals surface area contributed by atoms with Crippen molar-refractivity contribution in [2.75, 3.05) is 32.6 Å². The van der Waals surface area contributed by atoms with Gasteiger partial charge in [-0.15, -0.1) is 0 Å². The van der Waals surface area contributed by atoms with E-state index in [-0.39, 0.29) is 12.2 Å². The van der Waals surface area contributed by atoms with Crippen LogP contribution in [-0.2, 0) is 15.5 Å². The third-order valence-electron chi connectivity index (χ3n) is 5.14. The first-order valence-corrected chi connectivity index (χ1v) is 10.1. The molecule has 0 bridgehead atoms. The lowest BCUT2D eigenvalue weighted by atomic mass is 9.92. The molecule has 1 heterocycles. The number of allylic oxidation sites excluding steroid dienone is 3. The van der Waals surface area contributed by atoms with Crippen LogP contribution in [-0.4, -0.2) is 36.8 Å². The fourth-order valence-electron chi connectivity index (χ4n) is 3.66. The van der Waals surface area contributed by atoms with Gasteiger partial charge in [-0.2, -0.15) is 0 Å². The molecule has 2 fully saturated rings. The lowest BCUT2D eigenvalue weighted by Crippen LogP contribution is -2.29. The first-order chi connectivity index (χ1) is 11.1. The third kappa shape index (κ3) is 4.61. The van der Waals surface area contributed by atoms with Crippen molar-refractivity contribution in [1.29, 1.82) is 0 Å². The number of hydrogen-bond donors (Lipinski definition) is 1.